The van der Waals surface area contributed by atoms with Gasteiger partial charge >= 0.3 is 0 Å². The van der Waals surface area contributed by atoms with E-state index in [1.807, 2.05) is 6.07 Å². The first-order valence-corrected chi connectivity index (χ1v) is 10.9. The predicted molar refractivity (Wildman–Crippen MR) is 103 cm³/mol. The topological polar surface area (TPSA) is 134 Å². The second-order valence-corrected chi connectivity index (χ2v) is 9.03. The van der Waals surface area contributed by atoms with Gasteiger partial charge in [0, 0.05) is 12.7 Å². The Balaban J connectivity index is 1.79. The zero-order valence-electron chi connectivity index (χ0n) is 15.7. The molecule has 1 heterocycles. The smallest absolute Gasteiger partial charge is 0.229 e. The number of hydrogen-bond donors (Lipinski definition) is 4. The van der Waals surface area contributed by atoms with Gasteiger partial charge in [-0.3, -0.25) is 0 Å². The van der Waals surface area contributed by atoms with E-state index < -0.39 is 47.2 Å². The first-order valence-electron chi connectivity index (χ1n) is 9.05. The maximum atomic E-state index is 11.6. The van der Waals surface area contributed by atoms with E-state index in [2.05, 4.69) is 0 Å². The van der Waals surface area contributed by atoms with Gasteiger partial charge in [-0.1, -0.05) is 30.3 Å². The van der Waals surface area contributed by atoms with Gasteiger partial charge in [-0.25, -0.2) is 8.42 Å². The fourth-order valence-electron chi connectivity index (χ4n) is 3.13. The van der Waals surface area contributed by atoms with Gasteiger partial charge in [-0.2, -0.15) is 0 Å². The fourth-order valence-corrected chi connectivity index (χ4v) is 3.76. The van der Waals surface area contributed by atoms with Crippen molar-refractivity contribution in [3.05, 3.63) is 59.7 Å². The van der Waals surface area contributed by atoms with Gasteiger partial charge in [0.1, 0.15) is 30.2 Å². The van der Waals surface area contributed by atoms with Crippen LogP contribution in [0.5, 0.6) is 5.75 Å². The summed E-state index contributed by atoms with van der Waals surface area (Å²) in [5, 5.41) is 39.3. The van der Waals surface area contributed by atoms with E-state index in [0.717, 1.165) is 17.4 Å². The maximum absolute atomic E-state index is 11.6. The van der Waals surface area contributed by atoms with Crippen molar-refractivity contribution in [2.75, 3.05) is 12.9 Å². The Labute approximate surface area is 168 Å². The number of para-hydroxylation sites is 1. The van der Waals surface area contributed by atoms with E-state index >= 15 is 0 Å². The lowest BCUT2D eigenvalue weighted by atomic mass is 9.99. The SMILES string of the molecule is CS(=O)(=O)c1ccc(Cc2ccccc2O[C@@H]2O[C@H](CO)[C@@H](O)[C@H](O)[C@H]2O)cc1. The third-order valence-corrected chi connectivity index (χ3v) is 5.94. The molecule has 0 amide bonds. The second-order valence-electron chi connectivity index (χ2n) is 7.02. The van der Waals surface area contributed by atoms with Crippen molar-refractivity contribution in [3.8, 4) is 5.75 Å². The first-order chi connectivity index (χ1) is 13.7. The molecule has 2 aromatic carbocycles. The Hall–Kier alpha value is -2.01. The molecule has 2 aromatic rings. The summed E-state index contributed by atoms with van der Waals surface area (Å²) in [6, 6.07) is 13.5. The number of hydrogen-bond acceptors (Lipinski definition) is 8. The summed E-state index contributed by atoms with van der Waals surface area (Å²) in [6.45, 7) is -0.543. The van der Waals surface area contributed by atoms with Crippen molar-refractivity contribution in [1.82, 2.24) is 0 Å². The van der Waals surface area contributed by atoms with E-state index in [4.69, 9.17) is 9.47 Å². The van der Waals surface area contributed by atoms with Crippen LogP contribution in [0.3, 0.4) is 0 Å². The van der Waals surface area contributed by atoms with E-state index in [1.165, 1.54) is 12.1 Å². The second kappa shape index (κ2) is 8.78. The van der Waals surface area contributed by atoms with Crippen LogP contribution >= 0.6 is 0 Å². The summed E-state index contributed by atoms with van der Waals surface area (Å²) in [5.41, 5.74) is 1.60. The molecule has 0 bridgehead atoms. The molecule has 1 aliphatic rings. The Kier molecular flexibility index (Phi) is 6.57. The highest BCUT2D eigenvalue weighted by Crippen LogP contribution is 2.28. The molecule has 8 nitrogen and oxygen atoms in total. The molecule has 5 atom stereocenters. The van der Waals surface area contributed by atoms with Gasteiger partial charge in [0.05, 0.1) is 11.5 Å². The fraction of sp³-hybridized carbons (Fsp3) is 0.400. The number of aliphatic hydroxyl groups is 4. The molecule has 3 rings (SSSR count). The largest absolute Gasteiger partial charge is 0.462 e. The summed E-state index contributed by atoms with van der Waals surface area (Å²) in [4.78, 5) is 0.229. The number of rotatable bonds is 6. The highest BCUT2D eigenvalue weighted by molar-refractivity contribution is 7.90. The third kappa shape index (κ3) is 4.95. The third-order valence-electron chi connectivity index (χ3n) is 4.81. The normalized spacial score (nSPS) is 27.6. The molecule has 1 aliphatic heterocycles. The molecule has 4 N–H and O–H groups in total. The minimum atomic E-state index is -3.28. The Morgan fingerprint density at radius 2 is 1.62 bits per heavy atom. The zero-order valence-corrected chi connectivity index (χ0v) is 16.6. The van der Waals surface area contributed by atoms with Gasteiger partial charge in [0.15, 0.2) is 9.84 Å². The lowest BCUT2D eigenvalue weighted by Gasteiger charge is -2.39. The maximum Gasteiger partial charge on any atom is 0.229 e. The Morgan fingerprint density at radius 1 is 0.966 bits per heavy atom. The lowest BCUT2D eigenvalue weighted by molar-refractivity contribution is -0.277. The van der Waals surface area contributed by atoms with Gasteiger partial charge in [0.2, 0.25) is 6.29 Å². The molecule has 9 heteroatoms. The molecule has 158 valence electrons. The van der Waals surface area contributed by atoms with Crippen molar-refractivity contribution >= 4 is 9.84 Å². The summed E-state index contributed by atoms with van der Waals surface area (Å²) >= 11 is 0. The molecule has 0 aliphatic carbocycles. The van der Waals surface area contributed by atoms with Crippen LogP contribution in [0.2, 0.25) is 0 Å². The molecular weight excluding hydrogens is 400 g/mol. The van der Waals surface area contributed by atoms with Crippen LogP contribution < -0.4 is 4.74 Å². The molecule has 0 spiro atoms. The first kappa shape index (κ1) is 21.7. The van der Waals surface area contributed by atoms with Crippen LogP contribution in [0.1, 0.15) is 11.1 Å². The van der Waals surface area contributed by atoms with Gasteiger partial charge < -0.3 is 29.9 Å². The summed E-state index contributed by atoms with van der Waals surface area (Å²) in [5.74, 6) is 0.393. The van der Waals surface area contributed by atoms with Gasteiger partial charge in [-0.05, 0) is 29.3 Å². The van der Waals surface area contributed by atoms with Crippen LogP contribution in [0.25, 0.3) is 0 Å². The quantitative estimate of drug-likeness (QED) is 0.504. The highest BCUT2D eigenvalue weighted by atomic mass is 32.2. The Morgan fingerprint density at radius 3 is 2.24 bits per heavy atom. The molecule has 1 saturated heterocycles. The zero-order chi connectivity index (χ0) is 21.2. The van der Waals surface area contributed by atoms with Crippen LogP contribution in [-0.4, -0.2) is 72.4 Å². The lowest BCUT2D eigenvalue weighted by Crippen LogP contribution is -2.60. The van der Waals surface area contributed by atoms with Crippen LogP contribution in [0, 0.1) is 0 Å². The molecule has 0 radical (unpaired) electrons. The van der Waals surface area contributed by atoms with Crippen molar-refractivity contribution in [2.24, 2.45) is 0 Å². The summed E-state index contributed by atoms with van der Waals surface area (Å²) < 4.78 is 34.3. The minimum Gasteiger partial charge on any atom is -0.462 e. The van der Waals surface area contributed by atoms with Crippen LogP contribution in [0.4, 0.5) is 0 Å². The van der Waals surface area contributed by atoms with E-state index in [9.17, 15) is 28.8 Å². The minimum absolute atomic E-state index is 0.229. The summed E-state index contributed by atoms with van der Waals surface area (Å²) in [7, 11) is -3.28. The van der Waals surface area contributed by atoms with Crippen LogP contribution in [-0.2, 0) is 21.0 Å². The van der Waals surface area contributed by atoms with Gasteiger partial charge in [0.25, 0.3) is 0 Å². The molecule has 29 heavy (non-hydrogen) atoms. The number of aliphatic hydroxyl groups excluding tert-OH is 4. The monoisotopic (exact) mass is 424 g/mol. The van der Waals surface area contributed by atoms with E-state index in [1.54, 1.807) is 30.3 Å². The number of ether oxygens (including phenoxy) is 2. The molecule has 0 aromatic heterocycles. The van der Waals surface area contributed by atoms with Crippen molar-refractivity contribution < 1.29 is 38.3 Å². The number of sulfone groups is 1. The van der Waals surface area contributed by atoms with E-state index in [-0.39, 0.29) is 4.90 Å². The highest BCUT2D eigenvalue weighted by Gasteiger charge is 2.44. The standard InChI is InChI=1S/C20H24O8S/c1-29(25,26)14-8-6-12(7-9-14)10-13-4-2-3-5-15(13)27-20-19(24)18(23)17(22)16(11-21)28-20/h2-9,16-24H,10-11H2,1H3/t16-,17-,18+,19-,20-/m1/s1. The van der Waals surface area contributed by atoms with Crippen molar-refractivity contribution in [3.63, 3.8) is 0 Å². The van der Waals surface area contributed by atoms with E-state index in [0.29, 0.717) is 12.2 Å². The van der Waals surface area contributed by atoms with Crippen molar-refractivity contribution in [2.45, 2.75) is 42.0 Å². The van der Waals surface area contributed by atoms with Gasteiger partial charge in [-0.15, -0.1) is 0 Å². The van der Waals surface area contributed by atoms with Crippen molar-refractivity contribution in [1.29, 1.82) is 0 Å². The average molecular weight is 424 g/mol. The molecule has 1 fully saturated rings. The average Bonchev–Trinajstić information content (AvgIpc) is 2.69. The number of benzene rings is 2. The van der Waals surface area contributed by atoms with Crippen LogP contribution in [0.15, 0.2) is 53.4 Å². The molecule has 0 saturated carbocycles. The molecular formula is C20H24O8S. The predicted octanol–water partition coefficient (Wildman–Crippen LogP) is -0.140. The molecule has 0 unspecified atom stereocenters. The Bertz CT molecular complexity index is 926. The summed E-state index contributed by atoms with van der Waals surface area (Å²) in [6.07, 6.45) is -5.26.